The van der Waals surface area contributed by atoms with Gasteiger partial charge in [0, 0.05) is 25.3 Å². The monoisotopic (exact) mass is 328 g/mol. The lowest BCUT2D eigenvalue weighted by Gasteiger charge is -2.17. The number of methoxy groups -OCH3 is 2. The van der Waals surface area contributed by atoms with Gasteiger partial charge in [0.1, 0.15) is 0 Å². The molecule has 0 aliphatic rings. The molecular formula is C18H20N2O4. The van der Waals surface area contributed by atoms with Crippen LogP contribution in [0.5, 0.6) is 11.5 Å². The van der Waals surface area contributed by atoms with Crippen molar-refractivity contribution in [2.45, 2.75) is 6.54 Å². The fraction of sp³-hybridized carbons (Fsp3) is 0.222. The predicted octanol–water partition coefficient (Wildman–Crippen LogP) is 2.30. The van der Waals surface area contributed by atoms with Crippen LogP contribution in [0.25, 0.3) is 0 Å². The van der Waals surface area contributed by atoms with E-state index in [9.17, 15) is 9.59 Å². The van der Waals surface area contributed by atoms with Crippen molar-refractivity contribution in [3.05, 3.63) is 54.1 Å². The number of carbonyl (C=O) groups excluding carboxylic acids is 2. The first-order chi connectivity index (χ1) is 11.5. The molecule has 0 aliphatic heterocycles. The third kappa shape index (κ3) is 4.25. The number of hydrogen-bond acceptors (Lipinski definition) is 4. The molecule has 126 valence electrons. The summed E-state index contributed by atoms with van der Waals surface area (Å²) < 4.78 is 10.3. The number of carbonyl (C=O) groups is 2. The van der Waals surface area contributed by atoms with Gasteiger partial charge in [0.05, 0.1) is 14.2 Å². The molecule has 0 saturated carbocycles. The standard InChI is InChI=1S/C18H20N2O4/c1-20(12-13-7-5-4-6-8-13)18(22)17(21)19-14-9-10-15(23-2)16(11-14)24-3/h4-11H,12H2,1-3H3,(H,19,21). The van der Waals surface area contributed by atoms with E-state index < -0.39 is 11.8 Å². The van der Waals surface area contributed by atoms with Crippen LogP contribution in [0.1, 0.15) is 5.56 Å². The predicted molar refractivity (Wildman–Crippen MR) is 91.1 cm³/mol. The summed E-state index contributed by atoms with van der Waals surface area (Å²) in [5, 5.41) is 2.57. The zero-order valence-electron chi connectivity index (χ0n) is 13.9. The number of hydrogen-bond donors (Lipinski definition) is 1. The van der Waals surface area contributed by atoms with E-state index in [2.05, 4.69) is 5.32 Å². The van der Waals surface area contributed by atoms with Crippen LogP contribution in [0, 0.1) is 0 Å². The number of likely N-dealkylation sites (N-methyl/N-ethyl adjacent to an activating group) is 1. The van der Waals surface area contributed by atoms with Gasteiger partial charge in [0.25, 0.3) is 0 Å². The van der Waals surface area contributed by atoms with Gasteiger partial charge in [0.2, 0.25) is 0 Å². The minimum atomic E-state index is -0.708. The molecule has 0 aromatic heterocycles. The molecule has 2 rings (SSSR count). The first-order valence-electron chi connectivity index (χ1n) is 7.37. The highest BCUT2D eigenvalue weighted by Gasteiger charge is 2.19. The van der Waals surface area contributed by atoms with Crippen LogP contribution in [0.4, 0.5) is 5.69 Å². The van der Waals surface area contributed by atoms with E-state index >= 15 is 0 Å². The van der Waals surface area contributed by atoms with Gasteiger partial charge >= 0.3 is 11.8 Å². The molecule has 0 spiro atoms. The Kier molecular flexibility index (Phi) is 5.78. The van der Waals surface area contributed by atoms with E-state index in [1.54, 1.807) is 25.2 Å². The first-order valence-corrected chi connectivity index (χ1v) is 7.37. The van der Waals surface area contributed by atoms with Gasteiger partial charge in [-0.15, -0.1) is 0 Å². The van der Waals surface area contributed by atoms with Gasteiger partial charge in [-0.05, 0) is 17.7 Å². The molecule has 2 aromatic rings. The lowest BCUT2D eigenvalue weighted by molar-refractivity contribution is -0.142. The van der Waals surface area contributed by atoms with E-state index in [4.69, 9.17) is 9.47 Å². The summed E-state index contributed by atoms with van der Waals surface area (Å²) in [6.45, 7) is 0.360. The summed E-state index contributed by atoms with van der Waals surface area (Å²) in [6.07, 6.45) is 0. The van der Waals surface area contributed by atoms with Crippen LogP contribution >= 0.6 is 0 Å². The van der Waals surface area contributed by atoms with Crippen molar-refractivity contribution in [3.8, 4) is 11.5 Å². The molecule has 2 aromatic carbocycles. The molecule has 0 saturated heterocycles. The molecule has 1 N–H and O–H groups in total. The maximum atomic E-state index is 12.2. The average molecular weight is 328 g/mol. The van der Waals surface area contributed by atoms with Crippen molar-refractivity contribution in [2.75, 3.05) is 26.6 Å². The molecule has 0 fully saturated rings. The van der Waals surface area contributed by atoms with Gasteiger partial charge in [0.15, 0.2) is 11.5 Å². The van der Waals surface area contributed by atoms with Crippen molar-refractivity contribution >= 4 is 17.5 Å². The molecule has 0 radical (unpaired) electrons. The Bertz CT molecular complexity index is 716. The zero-order valence-corrected chi connectivity index (χ0v) is 13.9. The van der Waals surface area contributed by atoms with E-state index in [-0.39, 0.29) is 0 Å². The van der Waals surface area contributed by atoms with E-state index in [0.29, 0.717) is 23.7 Å². The molecule has 0 unspecified atom stereocenters. The summed E-state index contributed by atoms with van der Waals surface area (Å²) >= 11 is 0. The van der Waals surface area contributed by atoms with Crippen LogP contribution in [0.15, 0.2) is 48.5 Å². The fourth-order valence-corrected chi connectivity index (χ4v) is 2.20. The Morgan fingerprint density at radius 2 is 1.67 bits per heavy atom. The highest BCUT2D eigenvalue weighted by atomic mass is 16.5. The summed E-state index contributed by atoms with van der Waals surface area (Å²) in [5.41, 5.74) is 1.41. The quantitative estimate of drug-likeness (QED) is 0.855. The van der Waals surface area contributed by atoms with Crippen molar-refractivity contribution in [1.82, 2.24) is 4.90 Å². The molecule has 6 nitrogen and oxygen atoms in total. The second-order valence-electron chi connectivity index (χ2n) is 5.17. The lowest BCUT2D eigenvalue weighted by atomic mass is 10.2. The second kappa shape index (κ2) is 8.01. The Morgan fingerprint density at radius 3 is 2.29 bits per heavy atom. The van der Waals surface area contributed by atoms with E-state index in [0.717, 1.165) is 5.56 Å². The number of nitrogens with zero attached hydrogens (tertiary/aromatic N) is 1. The Morgan fingerprint density at radius 1 is 1.00 bits per heavy atom. The highest BCUT2D eigenvalue weighted by molar-refractivity contribution is 6.39. The van der Waals surface area contributed by atoms with Crippen LogP contribution in [0.3, 0.4) is 0 Å². The fourth-order valence-electron chi connectivity index (χ4n) is 2.20. The first kappa shape index (κ1) is 17.3. The molecule has 0 bridgehead atoms. The van der Waals surface area contributed by atoms with E-state index in [1.807, 2.05) is 30.3 Å². The van der Waals surface area contributed by atoms with Crippen LogP contribution in [0.2, 0.25) is 0 Å². The van der Waals surface area contributed by atoms with Crippen molar-refractivity contribution in [3.63, 3.8) is 0 Å². The average Bonchev–Trinajstić information content (AvgIpc) is 2.61. The SMILES string of the molecule is COc1ccc(NC(=O)C(=O)N(C)Cc2ccccc2)cc1OC. The van der Waals surface area contributed by atoms with Crippen molar-refractivity contribution < 1.29 is 19.1 Å². The normalized spacial score (nSPS) is 9.96. The van der Waals surface area contributed by atoms with Gasteiger partial charge in [-0.2, -0.15) is 0 Å². The number of ether oxygens (including phenoxy) is 2. The number of rotatable bonds is 5. The summed E-state index contributed by atoms with van der Waals surface area (Å²) in [6, 6.07) is 14.4. The number of amides is 2. The molecular weight excluding hydrogens is 308 g/mol. The number of benzene rings is 2. The highest BCUT2D eigenvalue weighted by Crippen LogP contribution is 2.29. The largest absolute Gasteiger partial charge is 0.493 e. The van der Waals surface area contributed by atoms with Gasteiger partial charge in [-0.3, -0.25) is 9.59 Å². The number of anilines is 1. The molecule has 6 heteroatoms. The van der Waals surface area contributed by atoms with Gasteiger partial charge in [-0.1, -0.05) is 30.3 Å². The summed E-state index contributed by atoms with van der Waals surface area (Å²) in [7, 11) is 4.62. The molecule has 2 amide bonds. The molecule has 0 aliphatic carbocycles. The zero-order chi connectivity index (χ0) is 17.5. The van der Waals surface area contributed by atoms with Crippen LogP contribution < -0.4 is 14.8 Å². The summed E-state index contributed by atoms with van der Waals surface area (Å²) in [4.78, 5) is 25.7. The summed E-state index contributed by atoms with van der Waals surface area (Å²) in [5.74, 6) is -0.308. The van der Waals surface area contributed by atoms with Gasteiger partial charge in [-0.25, -0.2) is 0 Å². The van der Waals surface area contributed by atoms with Gasteiger partial charge < -0.3 is 19.7 Å². The maximum absolute atomic E-state index is 12.2. The topological polar surface area (TPSA) is 67.9 Å². The van der Waals surface area contributed by atoms with E-state index in [1.165, 1.54) is 19.1 Å². The third-order valence-corrected chi connectivity index (χ3v) is 3.44. The van der Waals surface area contributed by atoms with Crippen LogP contribution in [-0.4, -0.2) is 38.0 Å². The number of nitrogens with one attached hydrogen (secondary N) is 1. The Labute approximate surface area is 141 Å². The van der Waals surface area contributed by atoms with Crippen molar-refractivity contribution in [2.24, 2.45) is 0 Å². The second-order valence-corrected chi connectivity index (χ2v) is 5.17. The molecule has 24 heavy (non-hydrogen) atoms. The lowest BCUT2D eigenvalue weighted by Crippen LogP contribution is -2.36. The minimum Gasteiger partial charge on any atom is -0.493 e. The third-order valence-electron chi connectivity index (χ3n) is 3.44. The smallest absolute Gasteiger partial charge is 0.313 e. The van der Waals surface area contributed by atoms with Crippen molar-refractivity contribution in [1.29, 1.82) is 0 Å². The molecule has 0 atom stereocenters. The molecule has 0 heterocycles. The maximum Gasteiger partial charge on any atom is 0.313 e. The minimum absolute atomic E-state index is 0.360. The Balaban J connectivity index is 2.02. The Hall–Kier alpha value is -3.02. The van der Waals surface area contributed by atoms with Crippen LogP contribution in [-0.2, 0) is 16.1 Å².